The molecule has 0 spiro atoms. The summed E-state index contributed by atoms with van der Waals surface area (Å²) in [5.41, 5.74) is 6.69. The van der Waals surface area contributed by atoms with Crippen molar-refractivity contribution in [3.05, 3.63) is 67.8 Å². The molecule has 0 atom stereocenters. The van der Waals surface area contributed by atoms with E-state index < -0.39 is 23.6 Å². The third-order valence-corrected chi connectivity index (χ3v) is 4.02. The molecule has 3 rings (SSSR count). The van der Waals surface area contributed by atoms with E-state index in [1.54, 1.807) is 0 Å². The first-order valence-electron chi connectivity index (χ1n) is 9.27. The van der Waals surface area contributed by atoms with Gasteiger partial charge in [-0.25, -0.2) is 0 Å². The summed E-state index contributed by atoms with van der Waals surface area (Å²) in [6.45, 7) is 11.5. The van der Waals surface area contributed by atoms with Crippen LogP contribution in [0.5, 0.6) is 0 Å². The Balaban J connectivity index is 0. The molecule has 7 heteroatoms. The molecule has 0 fully saturated rings. The van der Waals surface area contributed by atoms with Crippen molar-refractivity contribution in [2.45, 2.75) is 46.0 Å². The van der Waals surface area contributed by atoms with Crippen LogP contribution in [0.25, 0.3) is 27.3 Å². The van der Waals surface area contributed by atoms with Crippen molar-refractivity contribution < 1.29 is 24.8 Å². The molecule has 30 heavy (non-hydrogen) atoms. The van der Waals surface area contributed by atoms with Crippen molar-refractivity contribution >= 4 is 53.3 Å². The maximum Gasteiger partial charge on any atom is -0.0771 e. The Morgan fingerprint density at radius 1 is 1.00 bits per heavy atom. The standard InChI is InChI=1S/C13H9.C4H10N.C4H12O2Si.CH3.CH2.2ClH.Ti/c1-3-7-12-10(5-1)9-11-6-2-4-8-13(11)12;1-4(2,3)5;1-7(2,3)6-4-5;;;;;/h1-9H;5H,1-3H3;5H,4H2,1-3H3;1H3;1H2;2*1H;/q2*-1;;-1;;;;+2/p-2. The quantitative estimate of drug-likeness (QED) is 0.217. The van der Waals surface area contributed by atoms with Crippen LogP contribution in [0.4, 0.5) is 0 Å². The number of aliphatic hydroxyl groups is 1. The van der Waals surface area contributed by atoms with E-state index >= 15 is 0 Å². The van der Waals surface area contributed by atoms with Gasteiger partial charge in [-0.2, -0.15) is 0 Å². The first-order chi connectivity index (χ1) is 13.2. The number of hydrogen-bond donors (Lipinski definition) is 1. The number of rotatable bonds is 2. The van der Waals surface area contributed by atoms with Crippen LogP contribution < -0.4 is 0 Å². The summed E-state index contributed by atoms with van der Waals surface area (Å²) >= 11 is -1.64. The predicted molar refractivity (Wildman–Crippen MR) is 138 cm³/mol. The number of hydrogen-bond acceptors (Lipinski definition) is 2. The Kier molecular flexibility index (Phi) is 16.3. The zero-order valence-corrected chi connectivity index (χ0v) is 23.3. The number of halogens is 2. The van der Waals surface area contributed by atoms with Crippen LogP contribution in [0.3, 0.4) is 0 Å². The van der Waals surface area contributed by atoms with Crippen molar-refractivity contribution in [2.75, 3.05) is 6.79 Å². The first-order valence-corrected chi connectivity index (χ1v) is 18.1. The van der Waals surface area contributed by atoms with Crippen LogP contribution in [0.1, 0.15) is 20.8 Å². The molecule has 0 aliphatic carbocycles. The van der Waals surface area contributed by atoms with Crippen molar-refractivity contribution in [1.82, 2.24) is 0 Å². The van der Waals surface area contributed by atoms with E-state index in [1.807, 2.05) is 40.4 Å². The molecule has 0 aliphatic heterocycles. The summed E-state index contributed by atoms with van der Waals surface area (Å²) < 4.78 is 4.92. The fraction of sp³-hybridized carbons (Fsp3) is 0.348. The Bertz CT molecular complexity index is 810. The van der Waals surface area contributed by atoms with Crippen molar-refractivity contribution in [1.29, 1.82) is 0 Å². The van der Waals surface area contributed by atoms with Crippen molar-refractivity contribution in [3.63, 3.8) is 0 Å². The molecule has 0 heterocycles. The summed E-state index contributed by atoms with van der Waals surface area (Å²) in [6.07, 6.45) is 0. The van der Waals surface area contributed by atoms with Gasteiger partial charge in [0.2, 0.25) is 0 Å². The molecule has 0 saturated carbocycles. The normalized spacial score (nSPS) is 10.5. The van der Waals surface area contributed by atoms with E-state index in [1.165, 1.54) is 21.5 Å². The fourth-order valence-corrected chi connectivity index (χ4v) is 2.48. The average Bonchev–Trinajstić information content (AvgIpc) is 2.91. The minimum Gasteiger partial charge on any atom is -0.358 e. The smallest absolute Gasteiger partial charge is 0.0771 e. The monoisotopic (exact) mass is 504 g/mol. The molecule has 0 amide bonds. The van der Waals surface area contributed by atoms with Gasteiger partial charge in [0.05, 0.1) is 0 Å². The molecule has 2 N–H and O–H groups in total. The SMILES string of the molecule is CC(C)(C)[NH-].C[Si](C)(C)OCO.[CH2]=[Ti]([Cl])[Cl].[CH3-].c1ccc2c(c1)[cH-]c1ccccc12. The largest absolute Gasteiger partial charge is 0.358 e. The summed E-state index contributed by atoms with van der Waals surface area (Å²) in [4.78, 5) is 3.34. The zero-order valence-electron chi connectivity index (χ0n) is 19.2. The minimum atomic E-state index is -1.64. The second-order valence-electron chi connectivity index (χ2n) is 8.29. The van der Waals surface area contributed by atoms with Gasteiger partial charge in [-0.15, -0.1) is 45.3 Å². The molecule has 0 radical (unpaired) electrons. The van der Waals surface area contributed by atoms with Gasteiger partial charge < -0.3 is 22.7 Å². The van der Waals surface area contributed by atoms with E-state index in [2.05, 4.69) is 59.4 Å². The first kappa shape index (κ1) is 31.8. The van der Waals surface area contributed by atoms with E-state index in [0.717, 1.165) is 0 Å². The van der Waals surface area contributed by atoms with Gasteiger partial charge in [0.15, 0.2) is 8.32 Å². The minimum absolute atomic E-state index is 0. The second kappa shape index (κ2) is 15.4. The van der Waals surface area contributed by atoms with Crippen LogP contribution in [-0.2, 0) is 19.7 Å². The molecule has 0 saturated heterocycles. The zero-order chi connectivity index (χ0) is 22.7. The molecular formula is C23H36Cl2NO2SiTi-3. The van der Waals surface area contributed by atoms with Gasteiger partial charge in [0, 0.05) is 0 Å². The Labute approximate surface area is 197 Å². The molecule has 170 valence electrons. The second-order valence-corrected chi connectivity index (χ2v) is 18.4. The van der Waals surface area contributed by atoms with Gasteiger partial charge in [0.25, 0.3) is 0 Å². The van der Waals surface area contributed by atoms with Gasteiger partial charge in [-0.05, 0) is 19.6 Å². The Hall–Kier alpha value is -0.429. The Morgan fingerprint density at radius 2 is 1.30 bits per heavy atom. The van der Waals surface area contributed by atoms with Crippen LogP contribution in [0.15, 0.2) is 54.6 Å². The number of benzene rings is 2. The molecule has 0 unspecified atom stereocenters. The van der Waals surface area contributed by atoms with Gasteiger partial charge in [-0.1, -0.05) is 57.2 Å². The molecule has 3 aromatic carbocycles. The summed E-state index contributed by atoms with van der Waals surface area (Å²) in [5.74, 6) is 0. The number of aliphatic hydroxyl groups excluding tert-OH is 1. The molecular weight excluding hydrogens is 469 g/mol. The van der Waals surface area contributed by atoms with Crippen LogP contribution in [0.2, 0.25) is 19.6 Å². The topological polar surface area (TPSA) is 53.3 Å². The predicted octanol–water partition coefficient (Wildman–Crippen LogP) is 8.13. The van der Waals surface area contributed by atoms with Gasteiger partial charge >= 0.3 is 38.7 Å². The van der Waals surface area contributed by atoms with Crippen LogP contribution in [-0.4, -0.2) is 30.6 Å². The molecule has 3 nitrogen and oxygen atoms in total. The number of fused-ring (bicyclic) bond motifs is 3. The molecule has 0 aromatic heterocycles. The molecule has 0 aliphatic rings. The van der Waals surface area contributed by atoms with Crippen LogP contribution >= 0.6 is 18.6 Å². The number of nitrogens with one attached hydrogen (secondary N) is 1. The van der Waals surface area contributed by atoms with E-state index in [-0.39, 0.29) is 19.8 Å². The average molecular weight is 505 g/mol. The van der Waals surface area contributed by atoms with Gasteiger partial charge in [0.1, 0.15) is 6.79 Å². The van der Waals surface area contributed by atoms with Crippen molar-refractivity contribution in [3.8, 4) is 0 Å². The third kappa shape index (κ3) is 17.3. The molecule has 3 aromatic rings. The van der Waals surface area contributed by atoms with E-state index in [0.29, 0.717) is 0 Å². The fourth-order valence-electron chi connectivity index (χ4n) is 2.10. The third-order valence-electron chi connectivity index (χ3n) is 3.02. The van der Waals surface area contributed by atoms with E-state index in [9.17, 15) is 0 Å². The Morgan fingerprint density at radius 3 is 1.53 bits per heavy atom. The van der Waals surface area contributed by atoms with Crippen LogP contribution in [0, 0.1) is 7.43 Å². The molecule has 0 bridgehead atoms. The maximum absolute atomic E-state index is 8.21. The summed E-state index contributed by atoms with van der Waals surface area (Å²) in [7, 11) is 8.78. The maximum atomic E-state index is 8.21. The van der Waals surface area contributed by atoms with Crippen molar-refractivity contribution in [2.24, 2.45) is 0 Å². The summed E-state index contributed by atoms with van der Waals surface area (Å²) in [5, 5.41) is 13.6. The van der Waals surface area contributed by atoms with Gasteiger partial charge in [-0.3, -0.25) is 0 Å². The van der Waals surface area contributed by atoms with E-state index in [4.69, 9.17) is 33.9 Å². The summed E-state index contributed by atoms with van der Waals surface area (Å²) in [6, 6.07) is 19.3.